The van der Waals surface area contributed by atoms with Crippen LogP contribution >= 0.6 is 11.6 Å². The fourth-order valence-corrected chi connectivity index (χ4v) is 5.42. The summed E-state index contributed by atoms with van der Waals surface area (Å²) in [5.74, 6) is 0.430. The number of pyridine rings is 1. The van der Waals surface area contributed by atoms with Crippen LogP contribution in [0.25, 0.3) is 10.9 Å². The molecule has 7 heteroatoms. The highest BCUT2D eigenvalue weighted by Gasteiger charge is 2.36. The zero-order valence-corrected chi connectivity index (χ0v) is 19.1. The third-order valence-corrected chi connectivity index (χ3v) is 7.18. The van der Waals surface area contributed by atoms with Crippen molar-refractivity contribution in [2.24, 2.45) is 11.8 Å². The number of rotatable bonds is 2. The van der Waals surface area contributed by atoms with Crippen LogP contribution in [0.2, 0.25) is 5.02 Å². The lowest BCUT2D eigenvalue weighted by molar-refractivity contribution is -0.139. The molecule has 0 saturated carbocycles. The molecule has 2 aromatic heterocycles. The molecule has 0 spiro atoms. The molecule has 0 N–H and O–H groups in total. The van der Waals surface area contributed by atoms with Crippen molar-refractivity contribution in [1.82, 2.24) is 14.5 Å². The van der Waals surface area contributed by atoms with Gasteiger partial charge in [-0.1, -0.05) is 18.5 Å². The van der Waals surface area contributed by atoms with Gasteiger partial charge in [-0.15, -0.1) is 0 Å². The first kappa shape index (κ1) is 20.8. The molecule has 4 heterocycles. The van der Waals surface area contributed by atoms with E-state index in [9.17, 15) is 10.1 Å². The molecule has 1 fully saturated rings. The highest BCUT2D eigenvalue weighted by Crippen LogP contribution is 2.37. The first-order valence-corrected chi connectivity index (χ1v) is 11.5. The van der Waals surface area contributed by atoms with Crippen LogP contribution in [0.4, 0.5) is 5.69 Å². The highest BCUT2D eigenvalue weighted by atomic mass is 35.5. The second-order valence-corrected chi connectivity index (χ2v) is 9.40. The van der Waals surface area contributed by atoms with E-state index in [4.69, 9.17) is 11.6 Å². The molecule has 0 radical (unpaired) electrons. The standard InChI is InChI=1S/C25H26ClN5O/c1-16-14-30(24-21-12-18(26)5-6-23(21)28-17(2)22(24)13-27)9-7-20(16)25(32)31-11-10-29-8-3-4-19(29)15-31/h3-6,8,12,16,20H,7,9-11,14-15H2,1-2H3. The van der Waals surface area contributed by atoms with Gasteiger partial charge in [-0.3, -0.25) is 9.78 Å². The summed E-state index contributed by atoms with van der Waals surface area (Å²) in [7, 11) is 0. The molecule has 2 aliphatic heterocycles. The van der Waals surface area contributed by atoms with Crippen LogP contribution in [0.5, 0.6) is 0 Å². The summed E-state index contributed by atoms with van der Waals surface area (Å²) in [6.45, 7) is 7.78. The number of hydrogen-bond donors (Lipinski definition) is 0. The van der Waals surface area contributed by atoms with E-state index in [0.717, 1.165) is 54.9 Å². The van der Waals surface area contributed by atoms with Gasteiger partial charge in [-0.25, -0.2) is 0 Å². The lowest BCUT2D eigenvalue weighted by Gasteiger charge is -2.41. The third-order valence-electron chi connectivity index (χ3n) is 6.95. The average molecular weight is 448 g/mol. The molecule has 0 aliphatic carbocycles. The number of nitrogens with zero attached hydrogens (tertiary/aromatic N) is 5. The fourth-order valence-electron chi connectivity index (χ4n) is 5.25. The van der Waals surface area contributed by atoms with E-state index in [1.165, 1.54) is 5.69 Å². The smallest absolute Gasteiger partial charge is 0.226 e. The van der Waals surface area contributed by atoms with Gasteiger partial charge in [0.25, 0.3) is 0 Å². The maximum Gasteiger partial charge on any atom is 0.226 e. The zero-order valence-electron chi connectivity index (χ0n) is 18.4. The summed E-state index contributed by atoms with van der Waals surface area (Å²) in [6, 6.07) is 12.1. The first-order valence-electron chi connectivity index (χ1n) is 11.1. The van der Waals surface area contributed by atoms with Gasteiger partial charge in [0.05, 0.1) is 29.0 Å². The van der Waals surface area contributed by atoms with Crippen molar-refractivity contribution in [2.45, 2.75) is 33.4 Å². The SMILES string of the molecule is Cc1nc2ccc(Cl)cc2c(N2CCC(C(=O)N3CCn4cccc4C3)C(C)C2)c1C#N. The maximum atomic E-state index is 13.4. The van der Waals surface area contributed by atoms with Crippen molar-refractivity contribution >= 4 is 34.1 Å². The summed E-state index contributed by atoms with van der Waals surface area (Å²) in [5.41, 5.74) is 4.24. The molecule has 6 nitrogen and oxygen atoms in total. The van der Waals surface area contributed by atoms with Crippen LogP contribution in [-0.2, 0) is 17.9 Å². The Balaban J connectivity index is 1.40. The minimum Gasteiger partial charge on any atom is -0.370 e. The van der Waals surface area contributed by atoms with Gasteiger partial charge < -0.3 is 14.4 Å². The molecular formula is C25H26ClN5O. The van der Waals surface area contributed by atoms with Gasteiger partial charge in [-0.2, -0.15) is 5.26 Å². The first-order chi connectivity index (χ1) is 15.5. The van der Waals surface area contributed by atoms with E-state index in [2.05, 4.69) is 39.7 Å². The Kier molecular flexibility index (Phi) is 5.30. The normalized spacial score (nSPS) is 20.8. The minimum absolute atomic E-state index is 0.00363. The molecule has 1 aromatic carbocycles. The summed E-state index contributed by atoms with van der Waals surface area (Å²) < 4.78 is 2.22. The number of piperidine rings is 1. The molecule has 164 valence electrons. The molecule has 3 aromatic rings. The maximum absolute atomic E-state index is 13.4. The molecule has 2 unspecified atom stereocenters. The second kappa shape index (κ2) is 8.14. The molecule has 2 aliphatic rings. The average Bonchev–Trinajstić information content (AvgIpc) is 3.26. The van der Waals surface area contributed by atoms with Crippen LogP contribution < -0.4 is 4.90 Å². The minimum atomic E-state index is -0.00363. The number of aromatic nitrogens is 2. The molecule has 32 heavy (non-hydrogen) atoms. The Hall–Kier alpha value is -3.04. The second-order valence-electron chi connectivity index (χ2n) is 8.97. The Labute approximate surface area is 193 Å². The van der Waals surface area contributed by atoms with Crippen molar-refractivity contribution in [3.63, 3.8) is 0 Å². The number of anilines is 1. The number of fused-ring (bicyclic) bond motifs is 2. The van der Waals surface area contributed by atoms with E-state index in [1.807, 2.05) is 36.1 Å². The van der Waals surface area contributed by atoms with Gasteiger partial charge >= 0.3 is 0 Å². The van der Waals surface area contributed by atoms with Gasteiger partial charge in [0.2, 0.25) is 5.91 Å². The van der Waals surface area contributed by atoms with Crippen LogP contribution in [0, 0.1) is 30.1 Å². The summed E-state index contributed by atoms with van der Waals surface area (Å²) in [6.07, 6.45) is 2.85. The van der Waals surface area contributed by atoms with Gasteiger partial charge in [0, 0.05) is 54.4 Å². The number of nitriles is 1. The molecule has 1 amide bonds. The molecule has 5 rings (SSSR count). The van der Waals surface area contributed by atoms with Gasteiger partial charge in [0.1, 0.15) is 6.07 Å². The number of carbonyl (C=O) groups is 1. The Bertz CT molecular complexity index is 1240. The Morgan fingerprint density at radius 2 is 2.09 bits per heavy atom. The number of amides is 1. The van der Waals surface area contributed by atoms with Crippen molar-refractivity contribution in [3.05, 3.63) is 58.5 Å². The number of carbonyl (C=O) groups excluding carboxylic acids is 1. The number of benzene rings is 1. The lowest BCUT2D eigenvalue weighted by atomic mass is 9.84. The van der Waals surface area contributed by atoms with Crippen molar-refractivity contribution < 1.29 is 4.79 Å². The Morgan fingerprint density at radius 3 is 2.88 bits per heavy atom. The quantitative estimate of drug-likeness (QED) is 0.585. The van der Waals surface area contributed by atoms with Crippen LogP contribution in [0.3, 0.4) is 0 Å². The molecule has 0 bridgehead atoms. The fraction of sp³-hybridized carbons (Fsp3) is 0.400. The van der Waals surface area contributed by atoms with Crippen LogP contribution in [0.15, 0.2) is 36.5 Å². The van der Waals surface area contributed by atoms with Gasteiger partial charge in [-0.05, 0) is 49.6 Å². The highest BCUT2D eigenvalue weighted by molar-refractivity contribution is 6.31. The summed E-state index contributed by atoms with van der Waals surface area (Å²) in [4.78, 5) is 22.3. The van der Waals surface area contributed by atoms with Crippen molar-refractivity contribution in [1.29, 1.82) is 5.26 Å². The monoisotopic (exact) mass is 447 g/mol. The summed E-state index contributed by atoms with van der Waals surface area (Å²) in [5, 5.41) is 11.4. The van der Waals surface area contributed by atoms with Gasteiger partial charge in [0.15, 0.2) is 0 Å². The number of aryl methyl sites for hydroxylation is 1. The predicted octanol–water partition coefficient (Wildman–Crippen LogP) is 4.37. The summed E-state index contributed by atoms with van der Waals surface area (Å²) >= 11 is 6.29. The molecule has 1 saturated heterocycles. The van der Waals surface area contributed by atoms with E-state index in [1.54, 1.807) is 0 Å². The van der Waals surface area contributed by atoms with E-state index >= 15 is 0 Å². The number of hydrogen-bond acceptors (Lipinski definition) is 4. The number of halogens is 1. The van der Waals surface area contributed by atoms with Crippen LogP contribution in [0.1, 0.15) is 30.3 Å². The largest absolute Gasteiger partial charge is 0.370 e. The molecule has 2 atom stereocenters. The zero-order chi connectivity index (χ0) is 22.4. The van der Waals surface area contributed by atoms with E-state index in [0.29, 0.717) is 17.1 Å². The topological polar surface area (TPSA) is 65.2 Å². The lowest BCUT2D eigenvalue weighted by Crippen LogP contribution is -2.48. The van der Waals surface area contributed by atoms with Crippen molar-refractivity contribution in [2.75, 3.05) is 24.5 Å². The Morgan fingerprint density at radius 1 is 1.25 bits per heavy atom. The third kappa shape index (κ3) is 3.51. The van der Waals surface area contributed by atoms with Crippen LogP contribution in [-0.4, -0.2) is 40.0 Å². The van der Waals surface area contributed by atoms with E-state index < -0.39 is 0 Å². The predicted molar refractivity (Wildman–Crippen MR) is 126 cm³/mol. The molecular weight excluding hydrogens is 422 g/mol. The van der Waals surface area contributed by atoms with E-state index in [-0.39, 0.29) is 17.7 Å². The van der Waals surface area contributed by atoms with Crippen molar-refractivity contribution in [3.8, 4) is 6.07 Å².